The van der Waals surface area contributed by atoms with Crippen molar-refractivity contribution < 1.29 is 9.59 Å². The van der Waals surface area contributed by atoms with Crippen LogP contribution in [0.1, 0.15) is 36.2 Å². The molecular formula is C15H24N4O2. The summed E-state index contributed by atoms with van der Waals surface area (Å²) in [5, 5.41) is 2.88. The fourth-order valence-electron chi connectivity index (χ4n) is 2.76. The molecule has 0 saturated carbocycles. The number of nitrogens with zero attached hydrogens (tertiary/aromatic N) is 2. The lowest BCUT2D eigenvalue weighted by molar-refractivity contribution is -0.121. The predicted octanol–water partition coefficient (Wildman–Crippen LogP) is 0.485. The number of hydrogen-bond donors (Lipinski definition) is 2. The summed E-state index contributed by atoms with van der Waals surface area (Å²) < 4.78 is 1.83. The first kappa shape index (κ1) is 15.6. The number of carbonyl (C=O) groups is 2. The molecule has 1 aromatic heterocycles. The van der Waals surface area contributed by atoms with Crippen molar-refractivity contribution in [2.24, 2.45) is 12.8 Å². The van der Waals surface area contributed by atoms with E-state index in [1.165, 1.54) is 0 Å². The molecule has 0 spiro atoms. The molecule has 0 bridgehead atoms. The predicted molar refractivity (Wildman–Crippen MR) is 80.8 cm³/mol. The lowest BCUT2D eigenvalue weighted by Crippen LogP contribution is -2.49. The quantitative estimate of drug-likeness (QED) is 0.828. The van der Waals surface area contributed by atoms with E-state index in [-0.39, 0.29) is 17.9 Å². The van der Waals surface area contributed by atoms with Crippen molar-refractivity contribution in [1.29, 1.82) is 0 Å². The highest BCUT2D eigenvalue weighted by Crippen LogP contribution is 2.19. The summed E-state index contributed by atoms with van der Waals surface area (Å²) in [5.41, 5.74) is 6.06. The number of hydrogen-bond acceptors (Lipinski definition) is 3. The van der Waals surface area contributed by atoms with E-state index in [1.807, 2.05) is 34.8 Å². The van der Waals surface area contributed by atoms with Crippen molar-refractivity contribution in [3.63, 3.8) is 0 Å². The smallest absolute Gasteiger partial charge is 0.270 e. The Morgan fingerprint density at radius 2 is 2.24 bits per heavy atom. The molecule has 1 fully saturated rings. The minimum absolute atomic E-state index is 0.0419. The molecular weight excluding hydrogens is 268 g/mol. The normalized spacial score (nSPS) is 18.6. The highest BCUT2D eigenvalue weighted by Gasteiger charge is 2.28. The summed E-state index contributed by atoms with van der Waals surface area (Å²) in [5.74, 6) is -0.00499. The molecule has 6 nitrogen and oxygen atoms in total. The molecule has 6 heteroatoms. The highest BCUT2D eigenvalue weighted by atomic mass is 16.2. The third kappa shape index (κ3) is 3.85. The van der Waals surface area contributed by atoms with Crippen molar-refractivity contribution >= 4 is 11.8 Å². The van der Waals surface area contributed by atoms with Gasteiger partial charge in [0.2, 0.25) is 5.91 Å². The van der Waals surface area contributed by atoms with Gasteiger partial charge in [0.15, 0.2) is 0 Å². The Morgan fingerprint density at radius 1 is 1.43 bits per heavy atom. The topological polar surface area (TPSA) is 80.4 Å². The minimum Gasteiger partial charge on any atom is -0.354 e. The fraction of sp³-hybridized carbons (Fsp3) is 0.600. The Labute approximate surface area is 125 Å². The van der Waals surface area contributed by atoms with Crippen LogP contribution in [0.5, 0.6) is 0 Å². The van der Waals surface area contributed by atoms with Gasteiger partial charge in [-0.05, 0) is 31.4 Å². The van der Waals surface area contributed by atoms with E-state index < -0.39 is 0 Å². The monoisotopic (exact) mass is 292 g/mol. The average Bonchev–Trinajstić information content (AvgIpc) is 2.91. The summed E-state index contributed by atoms with van der Waals surface area (Å²) in [6.45, 7) is 1.61. The number of carbonyl (C=O) groups excluding carboxylic acids is 2. The maximum Gasteiger partial charge on any atom is 0.270 e. The maximum atomic E-state index is 12.6. The largest absolute Gasteiger partial charge is 0.354 e. The second-order valence-corrected chi connectivity index (χ2v) is 5.50. The number of piperidine rings is 1. The first-order valence-corrected chi connectivity index (χ1v) is 7.52. The molecule has 0 aliphatic carbocycles. The van der Waals surface area contributed by atoms with Crippen LogP contribution in [0.2, 0.25) is 0 Å². The van der Waals surface area contributed by atoms with Gasteiger partial charge >= 0.3 is 0 Å². The lowest BCUT2D eigenvalue weighted by Gasteiger charge is -2.36. The summed E-state index contributed by atoms with van der Waals surface area (Å²) in [7, 11) is 1.87. The maximum absolute atomic E-state index is 12.6. The van der Waals surface area contributed by atoms with Gasteiger partial charge in [-0.1, -0.05) is 0 Å². The molecule has 0 aromatic carbocycles. The summed E-state index contributed by atoms with van der Waals surface area (Å²) in [6, 6.07) is 3.78. The van der Waals surface area contributed by atoms with Gasteiger partial charge in [-0.3, -0.25) is 9.59 Å². The molecule has 0 radical (unpaired) electrons. The first-order valence-electron chi connectivity index (χ1n) is 7.52. The second-order valence-electron chi connectivity index (χ2n) is 5.50. The van der Waals surface area contributed by atoms with E-state index in [0.717, 1.165) is 25.8 Å². The van der Waals surface area contributed by atoms with Crippen molar-refractivity contribution in [1.82, 2.24) is 14.8 Å². The number of aryl methyl sites for hydroxylation is 1. The van der Waals surface area contributed by atoms with Gasteiger partial charge in [-0.2, -0.15) is 0 Å². The molecule has 1 aromatic rings. The summed E-state index contributed by atoms with van der Waals surface area (Å²) in [4.78, 5) is 26.1. The molecule has 1 saturated heterocycles. The molecule has 1 aliphatic rings. The van der Waals surface area contributed by atoms with Gasteiger partial charge in [0, 0.05) is 45.3 Å². The van der Waals surface area contributed by atoms with Gasteiger partial charge in [0.05, 0.1) is 0 Å². The second kappa shape index (κ2) is 7.26. The van der Waals surface area contributed by atoms with Crippen molar-refractivity contribution in [3.8, 4) is 0 Å². The first-order chi connectivity index (χ1) is 10.1. The molecule has 116 valence electrons. The van der Waals surface area contributed by atoms with Crippen molar-refractivity contribution in [2.45, 2.75) is 31.7 Å². The molecule has 21 heavy (non-hydrogen) atoms. The van der Waals surface area contributed by atoms with Gasteiger partial charge < -0.3 is 20.5 Å². The molecule has 2 heterocycles. The Hall–Kier alpha value is -1.82. The number of amides is 2. The van der Waals surface area contributed by atoms with E-state index in [4.69, 9.17) is 5.73 Å². The van der Waals surface area contributed by atoms with Crippen LogP contribution >= 0.6 is 0 Å². The zero-order chi connectivity index (χ0) is 15.2. The van der Waals surface area contributed by atoms with Crippen molar-refractivity contribution in [3.05, 3.63) is 24.0 Å². The van der Waals surface area contributed by atoms with Crippen LogP contribution in [0.4, 0.5) is 0 Å². The zero-order valence-electron chi connectivity index (χ0n) is 12.5. The van der Waals surface area contributed by atoms with E-state index in [0.29, 0.717) is 25.2 Å². The standard InChI is InChI=1S/C15H24N4O2/c1-18-9-4-6-13(18)15(21)19-10-3-2-5-12(19)11-17-14(20)7-8-16/h4,6,9,12H,2-3,5,7-8,10-11,16H2,1H3,(H,17,20). The van der Waals surface area contributed by atoms with Crippen LogP contribution in [0.3, 0.4) is 0 Å². The number of aromatic nitrogens is 1. The Balaban J connectivity index is 2.00. The fourth-order valence-corrected chi connectivity index (χ4v) is 2.76. The molecule has 1 unspecified atom stereocenters. The number of nitrogens with two attached hydrogens (primary N) is 1. The minimum atomic E-state index is -0.0469. The number of nitrogens with one attached hydrogen (secondary N) is 1. The Bertz CT molecular complexity index is 498. The lowest BCUT2D eigenvalue weighted by atomic mass is 10.0. The van der Waals surface area contributed by atoms with Crippen LogP contribution in [0, 0.1) is 0 Å². The highest BCUT2D eigenvalue weighted by molar-refractivity contribution is 5.93. The number of likely N-dealkylation sites (tertiary alicyclic amines) is 1. The zero-order valence-corrected chi connectivity index (χ0v) is 12.5. The average molecular weight is 292 g/mol. The van der Waals surface area contributed by atoms with Crippen LogP contribution < -0.4 is 11.1 Å². The van der Waals surface area contributed by atoms with Crippen LogP contribution in [0.15, 0.2) is 18.3 Å². The van der Waals surface area contributed by atoms with Gasteiger partial charge in [-0.15, -0.1) is 0 Å². The summed E-state index contributed by atoms with van der Waals surface area (Å²) >= 11 is 0. The Kier molecular flexibility index (Phi) is 5.38. The van der Waals surface area contributed by atoms with Crippen LogP contribution in [0.25, 0.3) is 0 Å². The SMILES string of the molecule is Cn1cccc1C(=O)N1CCCCC1CNC(=O)CCN. The van der Waals surface area contributed by atoms with Crippen LogP contribution in [-0.2, 0) is 11.8 Å². The van der Waals surface area contributed by atoms with E-state index in [9.17, 15) is 9.59 Å². The van der Waals surface area contributed by atoms with Gasteiger partial charge in [-0.25, -0.2) is 0 Å². The third-order valence-electron chi connectivity index (χ3n) is 3.96. The van der Waals surface area contributed by atoms with Gasteiger partial charge in [0.25, 0.3) is 5.91 Å². The summed E-state index contributed by atoms with van der Waals surface area (Å²) in [6.07, 6.45) is 5.24. The van der Waals surface area contributed by atoms with E-state index in [1.54, 1.807) is 0 Å². The molecule has 1 aliphatic heterocycles. The molecule has 1 atom stereocenters. The van der Waals surface area contributed by atoms with E-state index in [2.05, 4.69) is 5.32 Å². The Morgan fingerprint density at radius 3 is 2.90 bits per heavy atom. The molecule has 2 amide bonds. The van der Waals surface area contributed by atoms with Crippen LogP contribution in [-0.4, -0.2) is 47.0 Å². The van der Waals surface area contributed by atoms with Crippen molar-refractivity contribution in [2.75, 3.05) is 19.6 Å². The molecule has 2 rings (SSSR count). The third-order valence-corrected chi connectivity index (χ3v) is 3.96. The molecule has 3 N–H and O–H groups in total. The number of rotatable bonds is 5. The van der Waals surface area contributed by atoms with E-state index >= 15 is 0 Å². The van der Waals surface area contributed by atoms with Gasteiger partial charge in [0.1, 0.15) is 5.69 Å².